The normalized spacial score (nSPS) is 9.57. The number of hydrogen-bond acceptors (Lipinski definition) is 5. The Morgan fingerprint density at radius 1 is 1.50 bits per heavy atom. The van der Waals surface area contributed by atoms with Crippen LogP contribution in [-0.2, 0) is 7.05 Å². The Kier molecular flexibility index (Phi) is 2.65. The average molecular weight is 198 g/mol. The summed E-state index contributed by atoms with van der Waals surface area (Å²) in [6.07, 6.45) is 0. The Bertz CT molecular complexity index is 411. The van der Waals surface area contributed by atoms with E-state index in [4.69, 9.17) is 5.73 Å². The molecule has 0 saturated carbocycles. The Morgan fingerprint density at radius 2 is 2.14 bits per heavy atom. The summed E-state index contributed by atoms with van der Waals surface area (Å²) in [6, 6.07) is -0.488. The van der Waals surface area contributed by atoms with Crippen LogP contribution in [0.2, 0.25) is 0 Å². The van der Waals surface area contributed by atoms with Crippen LogP contribution in [0.4, 0.5) is 16.7 Å². The lowest BCUT2D eigenvalue weighted by Gasteiger charge is -2.07. The van der Waals surface area contributed by atoms with E-state index in [0.29, 0.717) is 0 Å². The number of urea groups is 1. The van der Waals surface area contributed by atoms with Crippen LogP contribution in [0.25, 0.3) is 0 Å². The molecule has 0 aromatic carbocycles. The van der Waals surface area contributed by atoms with Crippen molar-refractivity contribution in [3.8, 4) is 0 Å². The minimum atomic E-state index is -0.580. The second-order valence-electron chi connectivity index (χ2n) is 2.45. The van der Waals surface area contributed by atoms with E-state index >= 15 is 0 Å². The van der Waals surface area contributed by atoms with E-state index in [1.54, 1.807) is 0 Å². The maximum absolute atomic E-state index is 11.1. The van der Waals surface area contributed by atoms with Crippen LogP contribution in [0.3, 0.4) is 0 Å². The fourth-order valence-corrected chi connectivity index (χ4v) is 0.748. The van der Waals surface area contributed by atoms with E-state index in [-0.39, 0.29) is 11.9 Å². The molecule has 0 aliphatic rings. The molecule has 76 valence electrons. The minimum absolute atomic E-state index is 0.0434. The van der Waals surface area contributed by atoms with Gasteiger partial charge in [-0.15, -0.1) is 0 Å². The number of amides is 2. The first-order valence-corrected chi connectivity index (χ1v) is 3.74. The zero-order valence-corrected chi connectivity index (χ0v) is 7.74. The van der Waals surface area contributed by atoms with Gasteiger partial charge in [-0.25, -0.2) is 9.59 Å². The van der Waals surface area contributed by atoms with Crippen molar-refractivity contribution >= 4 is 17.9 Å². The maximum Gasteiger partial charge on any atom is 0.353 e. The summed E-state index contributed by atoms with van der Waals surface area (Å²) in [4.78, 5) is 29.1. The van der Waals surface area contributed by atoms with Crippen LogP contribution in [0, 0.1) is 0 Å². The number of aromatic nitrogens is 3. The fourth-order valence-electron chi connectivity index (χ4n) is 0.748. The van der Waals surface area contributed by atoms with Gasteiger partial charge in [0.25, 0.3) is 0 Å². The zero-order chi connectivity index (χ0) is 10.7. The molecular weight excluding hydrogens is 188 g/mol. The molecule has 0 aliphatic carbocycles. The van der Waals surface area contributed by atoms with E-state index in [1.807, 2.05) is 0 Å². The smallest absolute Gasteiger partial charge is 0.353 e. The fraction of sp³-hybridized carbons (Fsp3) is 0.333. The Morgan fingerprint density at radius 3 is 2.71 bits per heavy atom. The highest BCUT2D eigenvalue weighted by Crippen LogP contribution is 1.98. The van der Waals surface area contributed by atoms with Crippen molar-refractivity contribution in [1.29, 1.82) is 0 Å². The summed E-state index contributed by atoms with van der Waals surface area (Å²) in [7, 11) is 2.87. The third-order valence-electron chi connectivity index (χ3n) is 1.49. The summed E-state index contributed by atoms with van der Waals surface area (Å²) in [6.45, 7) is 0. The van der Waals surface area contributed by atoms with Crippen LogP contribution < -0.4 is 22.1 Å². The molecule has 0 saturated heterocycles. The van der Waals surface area contributed by atoms with Gasteiger partial charge in [0.15, 0.2) is 0 Å². The number of anilines is 2. The van der Waals surface area contributed by atoms with Gasteiger partial charge in [-0.05, 0) is 0 Å². The van der Waals surface area contributed by atoms with Crippen LogP contribution >= 0.6 is 0 Å². The predicted molar refractivity (Wildman–Crippen MR) is 49.8 cm³/mol. The van der Waals surface area contributed by atoms with Gasteiger partial charge in [0.1, 0.15) is 0 Å². The molecule has 2 amide bonds. The highest BCUT2D eigenvalue weighted by Gasteiger charge is 2.07. The van der Waals surface area contributed by atoms with Crippen molar-refractivity contribution < 1.29 is 4.79 Å². The number of rotatable bonds is 1. The molecular formula is C6H10N6O2. The van der Waals surface area contributed by atoms with Crippen molar-refractivity contribution in [2.45, 2.75) is 0 Å². The molecule has 0 fully saturated rings. The lowest BCUT2D eigenvalue weighted by Crippen LogP contribution is -2.31. The van der Waals surface area contributed by atoms with Gasteiger partial charge in [0.05, 0.1) is 0 Å². The molecule has 8 heteroatoms. The van der Waals surface area contributed by atoms with Crippen LogP contribution in [-0.4, -0.2) is 27.6 Å². The quantitative estimate of drug-likeness (QED) is 0.508. The highest BCUT2D eigenvalue weighted by molar-refractivity contribution is 5.87. The molecule has 1 rings (SSSR count). The van der Waals surface area contributed by atoms with Gasteiger partial charge in [0, 0.05) is 14.1 Å². The number of nitrogens with two attached hydrogens (primary N) is 1. The van der Waals surface area contributed by atoms with Crippen LogP contribution in [0.15, 0.2) is 4.79 Å². The number of nitrogens with zero attached hydrogens (tertiary/aromatic N) is 3. The first-order valence-electron chi connectivity index (χ1n) is 3.74. The molecule has 0 unspecified atom stereocenters. The SMILES string of the molecule is CNC(=O)Nc1nc(N)nc(=O)n1C. The topological polar surface area (TPSA) is 115 Å². The number of carbonyl (C=O) groups excluding carboxylic acids is 1. The average Bonchev–Trinajstić information content (AvgIpc) is 2.13. The second kappa shape index (κ2) is 3.73. The van der Waals surface area contributed by atoms with Crippen molar-refractivity contribution in [3.05, 3.63) is 10.5 Å². The molecule has 4 N–H and O–H groups in total. The largest absolute Gasteiger partial charge is 0.368 e. The summed E-state index contributed by atoms with van der Waals surface area (Å²) in [5.41, 5.74) is 4.66. The van der Waals surface area contributed by atoms with Gasteiger partial charge in [-0.2, -0.15) is 9.97 Å². The molecule has 1 heterocycles. The lowest BCUT2D eigenvalue weighted by atomic mass is 10.8. The minimum Gasteiger partial charge on any atom is -0.368 e. The van der Waals surface area contributed by atoms with Crippen LogP contribution in [0.5, 0.6) is 0 Å². The number of nitrogens with one attached hydrogen (secondary N) is 2. The first-order chi connectivity index (χ1) is 6.54. The molecule has 1 aromatic rings. The van der Waals surface area contributed by atoms with Gasteiger partial charge < -0.3 is 11.1 Å². The van der Waals surface area contributed by atoms with Crippen LogP contribution in [0.1, 0.15) is 0 Å². The van der Waals surface area contributed by atoms with E-state index in [1.165, 1.54) is 14.1 Å². The third-order valence-corrected chi connectivity index (χ3v) is 1.49. The molecule has 0 spiro atoms. The summed E-state index contributed by atoms with van der Waals surface area (Å²) < 4.78 is 1.08. The van der Waals surface area contributed by atoms with Crippen molar-refractivity contribution in [2.75, 3.05) is 18.1 Å². The molecule has 0 radical (unpaired) electrons. The van der Waals surface area contributed by atoms with Gasteiger partial charge >= 0.3 is 11.7 Å². The van der Waals surface area contributed by atoms with E-state index in [9.17, 15) is 9.59 Å². The molecule has 8 nitrogen and oxygen atoms in total. The van der Waals surface area contributed by atoms with E-state index in [2.05, 4.69) is 20.6 Å². The monoisotopic (exact) mass is 198 g/mol. The Labute approximate surface area is 79.2 Å². The van der Waals surface area contributed by atoms with Crippen molar-refractivity contribution in [1.82, 2.24) is 19.9 Å². The highest BCUT2D eigenvalue weighted by atomic mass is 16.2. The van der Waals surface area contributed by atoms with Crippen molar-refractivity contribution in [3.63, 3.8) is 0 Å². The third kappa shape index (κ3) is 1.97. The molecule has 0 bridgehead atoms. The van der Waals surface area contributed by atoms with Gasteiger partial charge in [-0.1, -0.05) is 0 Å². The van der Waals surface area contributed by atoms with E-state index < -0.39 is 11.7 Å². The molecule has 1 aromatic heterocycles. The predicted octanol–water partition coefficient (Wildman–Crippen LogP) is -1.49. The second-order valence-corrected chi connectivity index (χ2v) is 2.45. The number of nitrogen functional groups attached to an aromatic ring is 1. The summed E-state index contributed by atoms with van der Waals surface area (Å²) in [5.74, 6) is -0.138. The first kappa shape index (κ1) is 9.96. The maximum atomic E-state index is 11.1. The Balaban J connectivity index is 3.08. The summed E-state index contributed by atoms with van der Waals surface area (Å²) in [5, 5.41) is 4.64. The van der Waals surface area contributed by atoms with Crippen molar-refractivity contribution in [2.24, 2.45) is 7.05 Å². The molecule has 14 heavy (non-hydrogen) atoms. The lowest BCUT2D eigenvalue weighted by molar-refractivity contribution is 0.253. The standard InChI is InChI=1S/C6H10N6O2/c1-8-5(13)11-4-9-3(7)10-6(14)12(4)2/h1-2H3,(H4,7,8,9,10,11,13,14). The molecule has 0 atom stereocenters. The Hall–Kier alpha value is -2.12. The van der Waals surface area contributed by atoms with Gasteiger partial charge in [0.2, 0.25) is 11.9 Å². The van der Waals surface area contributed by atoms with E-state index in [0.717, 1.165) is 4.57 Å². The van der Waals surface area contributed by atoms with Gasteiger partial charge in [-0.3, -0.25) is 9.88 Å². The molecule has 0 aliphatic heterocycles. The number of hydrogen-bond donors (Lipinski definition) is 3. The summed E-state index contributed by atoms with van der Waals surface area (Å²) >= 11 is 0. The zero-order valence-electron chi connectivity index (χ0n) is 7.74. The number of carbonyl (C=O) groups is 1.